The first-order valence-electron chi connectivity index (χ1n) is 12.8. The van der Waals surface area contributed by atoms with Crippen LogP contribution in [-0.2, 0) is 19.4 Å². The molecule has 180 valence electrons. The molecule has 6 rings (SSSR count). The van der Waals surface area contributed by atoms with Crippen LogP contribution in [-0.4, -0.2) is 56.8 Å². The maximum absolute atomic E-state index is 10.9. The Balaban J connectivity index is 1.11. The van der Waals surface area contributed by atoms with Gasteiger partial charge in [-0.25, -0.2) is 0 Å². The minimum atomic E-state index is 0.310. The molecule has 2 unspecified atom stereocenters. The van der Waals surface area contributed by atoms with Gasteiger partial charge in [-0.05, 0) is 74.0 Å². The third-order valence-corrected chi connectivity index (χ3v) is 8.99. The maximum Gasteiger partial charge on any atom is 0.197 e. The summed E-state index contributed by atoms with van der Waals surface area (Å²) in [5.74, 6) is 2.72. The second-order valence-electron chi connectivity index (χ2n) is 10.2. The fraction of sp³-hybridized carbons (Fsp3) is 0.519. The normalized spacial score (nSPS) is 23.5. The van der Waals surface area contributed by atoms with Gasteiger partial charge in [0.2, 0.25) is 0 Å². The molecule has 0 radical (unpaired) electrons. The lowest BCUT2D eigenvalue weighted by atomic mass is 9.82. The predicted octanol–water partition coefficient (Wildman–Crippen LogP) is 4.79. The molecule has 2 N–H and O–H groups in total. The molecule has 7 heteroatoms. The number of aromatic hydroxyl groups is 2. The Morgan fingerprint density at radius 2 is 1.50 bits per heavy atom. The monoisotopic (exact) mass is 478 g/mol. The van der Waals surface area contributed by atoms with Crippen LogP contribution in [0.25, 0.3) is 10.1 Å². The van der Waals surface area contributed by atoms with E-state index in [0.29, 0.717) is 30.1 Å². The summed E-state index contributed by atoms with van der Waals surface area (Å²) in [4.78, 5) is 5.04. The Bertz CT molecular complexity index is 1160. The quantitative estimate of drug-likeness (QED) is 0.516. The zero-order chi connectivity index (χ0) is 23.1. The van der Waals surface area contributed by atoms with Crippen LogP contribution in [0.1, 0.15) is 36.8 Å². The second-order valence-corrected chi connectivity index (χ2v) is 11.0. The van der Waals surface area contributed by atoms with Crippen LogP contribution in [0.2, 0.25) is 0 Å². The van der Waals surface area contributed by atoms with Crippen molar-refractivity contribution in [2.24, 2.45) is 11.8 Å². The number of hydrogen-bond acceptors (Lipinski definition) is 6. The fourth-order valence-corrected chi connectivity index (χ4v) is 6.98. The van der Waals surface area contributed by atoms with Crippen molar-refractivity contribution >= 4 is 27.4 Å². The van der Waals surface area contributed by atoms with Gasteiger partial charge >= 0.3 is 0 Å². The highest BCUT2D eigenvalue weighted by atomic mass is 32.1. The van der Waals surface area contributed by atoms with Crippen LogP contribution in [0.4, 0.5) is 5.82 Å². The van der Waals surface area contributed by atoms with Crippen molar-refractivity contribution in [3.05, 3.63) is 47.5 Å². The van der Waals surface area contributed by atoms with E-state index in [2.05, 4.69) is 46.2 Å². The van der Waals surface area contributed by atoms with Crippen molar-refractivity contribution < 1.29 is 10.2 Å². The molecule has 1 saturated heterocycles. The van der Waals surface area contributed by atoms with Crippen LogP contribution >= 0.6 is 11.5 Å². The number of benzene rings is 1. The molecule has 6 nitrogen and oxygen atoms in total. The van der Waals surface area contributed by atoms with Gasteiger partial charge in [0.15, 0.2) is 11.8 Å². The first-order chi connectivity index (χ1) is 16.7. The number of hydrogen-bond donors (Lipinski definition) is 2. The Morgan fingerprint density at radius 3 is 2.21 bits per heavy atom. The molecule has 0 spiro atoms. The Morgan fingerprint density at radius 1 is 0.853 bits per heavy atom. The Hall–Kier alpha value is -2.51. The van der Waals surface area contributed by atoms with Crippen molar-refractivity contribution in [3.63, 3.8) is 0 Å². The van der Waals surface area contributed by atoms with Gasteiger partial charge in [-0.2, -0.15) is 4.37 Å². The van der Waals surface area contributed by atoms with E-state index in [0.717, 1.165) is 88.2 Å². The number of aromatic nitrogens is 2. The molecule has 0 saturated carbocycles. The van der Waals surface area contributed by atoms with Crippen molar-refractivity contribution in [2.45, 2.75) is 45.1 Å². The Kier molecular flexibility index (Phi) is 5.99. The molecule has 3 aromatic rings. The molecule has 2 aromatic heterocycles. The summed E-state index contributed by atoms with van der Waals surface area (Å²) in [6, 6.07) is 8.52. The van der Waals surface area contributed by atoms with Gasteiger partial charge < -0.3 is 15.1 Å². The molecule has 1 fully saturated rings. The molecule has 3 heterocycles. The molecule has 2 atom stereocenters. The lowest BCUT2D eigenvalue weighted by molar-refractivity contribution is 0.163. The van der Waals surface area contributed by atoms with E-state index in [9.17, 15) is 10.2 Å². The van der Waals surface area contributed by atoms with Gasteiger partial charge in [-0.3, -0.25) is 9.47 Å². The molecule has 1 aromatic carbocycles. The number of nitrogens with zero attached hydrogens (tertiary/aromatic N) is 4. The van der Waals surface area contributed by atoms with Crippen molar-refractivity contribution in [2.75, 3.05) is 37.6 Å². The summed E-state index contributed by atoms with van der Waals surface area (Å²) >= 11 is 1.59. The number of piperazine rings is 1. The molecule has 0 amide bonds. The van der Waals surface area contributed by atoms with Gasteiger partial charge in [0.25, 0.3) is 0 Å². The summed E-state index contributed by atoms with van der Waals surface area (Å²) in [6.07, 6.45) is 10.6. The van der Waals surface area contributed by atoms with Crippen LogP contribution in [0, 0.1) is 11.8 Å². The average molecular weight is 479 g/mol. The highest BCUT2D eigenvalue weighted by Gasteiger charge is 2.31. The maximum atomic E-state index is 10.9. The topological polar surface area (TPSA) is 64.8 Å². The van der Waals surface area contributed by atoms with Crippen LogP contribution in [0.5, 0.6) is 11.8 Å². The van der Waals surface area contributed by atoms with Gasteiger partial charge in [0.05, 0.1) is 4.70 Å². The third-order valence-electron chi connectivity index (χ3n) is 8.17. The van der Waals surface area contributed by atoms with E-state index in [-0.39, 0.29) is 0 Å². The lowest BCUT2D eigenvalue weighted by Gasteiger charge is -2.39. The second kappa shape index (κ2) is 9.27. The number of anilines is 1. The van der Waals surface area contributed by atoms with E-state index < -0.39 is 0 Å². The minimum Gasteiger partial charge on any atom is -0.494 e. The molecule has 0 bridgehead atoms. The van der Waals surface area contributed by atoms with Crippen molar-refractivity contribution in [3.8, 4) is 11.8 Å². The molecular weight excluding hydrogens is 444 g/mol. The van der Waals surface area contributed by atoms with E-state index in [4.69, 9.17) is 4.37 Å². The molecule has 1 aliphatic heterocycles. The Labute approximate surface area is 205 Å². The standard InChI is InChI=1S/C27H34N4O2S/c32-26-21-9-3-4-10-22(21)27(33)31(26)18-20-8-2-1-7-19(20)17-29-13-15-30(16-14-29)25-23-11-5-6-12-24(23)34-28-25/h1-2,5-6,11-12,19-20,32-33H,3-4,7-10,13-18H2. The van der Waals surface area contributed by atoms with Gasteiger partial charge in [-0.15, -0.1) is 0 Å². The van der Waals surface area contributed by atoms with E-state index >= 15 is 0 Å². The average Bonchev–Trinajstić information content (AvgIpc) is 3.41. The highest BCUT2D eigenvalue weighted by Crippen LogP contribution is 2.41. The smallest absolute Gasteiger partial charge is 0.197 e. The first kappa shape index (κ1) is 22.0. The summed E-state index contributed by atoms with van der Waals surface area (Å²) in [5, 5.41) is 23.0. The summed E-state index contributed by atoms with van der Waals surface area (Å²) < 4.78 is 7.82. The molecule has 34 heavy (non-hydrogen) atoms. The fourth-order valence-electron chi connectivity index (χ4n) is 6.18. The van der Waals surface area contributed by atoms with Gasteiger partial charge in [-0.1, -0.05) is 24.3 Å². The molecule has 2 aliphatic carbocycles. The van der Waals surface area contributed by atoms with Crippen LogP contribution in [0.3, 0.4) is 0 Å². The van der Waals surface area contributed by atoms with E-state index in [1.54, 1.807) is 16.1 Å². The minimum absolute atomic E-state index is 0.310. The lowest BCUT2D eigenvalue weighted by Crippen LogP contribution is -2.48. The summed E-state index contributed by atoms with van der Waals surface area (Å²) in [6.45, 7) is 5.88. The molecular formula is C27H34N4O2S. The van der Waals surface area contributed by atoms with Crippen LogP contribution in [0.15, 0.2) is 36.4 Å². The zero-order valence-corrected chi connectivity index (χ0v) is 20.5. The first-order valence-corrected chi connectivity index (χ1v) is 13.5. The van der Waals surface area contributed by atoms with Crippen molar-refractivity contribution in [1.82, 2.24) is 13.8 Å². The SMILES string of the molecule is Oc1c2c(c(O)n1CC1CC=CCC1CN1CCN(c3nsc4ccccc34)CC1)CCCC2. The summed E-state index contributed by atoms with van der Waals surface area (Å²) in [5.41, 5.74) is 1.97. The van der Waals surface area contributed by atoms with E-state index in [1.165, 1.54) is 10.1 Å². The van der Waals surface area contributed by atoms with Crippen molar-refractivity contribution in [1.29, 1.82) is 0 Å². The third kappa shape index (κ3) is 3.99. The van der Waals surface area contributed by atoms with Crippen LogP contribution < -0.4 is 4.90 Å². The van der Waals surface area contributed by atoms with E-state index in [1.807, 2.05) is 0 Å². The van der Waals surface area contributed by atoms with Gasteiger partial charge in [0.1, 0.15) is 5.82 Å². The molecule has 3 aliphatic rings. The summed E-state index contributed by atoms with van der Waals surface area (Å²) in [7, 11) is 0. The van der Waals surface area contributed by atoms with Gasteiger partial charge in [0, 0.05) is 55.8 Å². The number of rotatable bonds is 5. The number of allylic oxidation sites excluding steroid dienone is 2. The number of fused-ring (bicyclic) bond motifs is 2. The highest BCUT2D eigenvalue weighted by molar-refractivity contribution is 7.13. The largest absolute Gasteiger partial charge is 0.494 e. The zero-order valence-electron chi connectivity index (χ0n) is 19.7. The predicted molar refractivity (Wildman–Crippen MR) is 138 cm³/mol.